The maximum absolute atomic E-state index is 13.0. The summed E-state index contributed by atoms with van der Waals surface area (Å²) in [6.45, 7) is 4.22. The first kappa shape index (κ1) is 19.8. The molecule has 0 amide bonds. The summed E-state index contributed by atoms with van der Waals surface area (Å²) in [5.41, 5.74) is 0.613. The van der Waals surface area contributed by atoms with Crippen LogP contribution in [0.4, 0.5) is 0 Å². The molecule has 2 N–H and O–H groups in total. The van der Waals surface area contributed by atoms with Crippen LogP contribution in [0.15, 0.2) is 41.1 Å². The van der Waals surface area contributed by atoms with Crippen LogP contribution < -0.4 is 5.32 Å². The highest BCUT2D eigenvalue weighted by atomic mass is 79.9. The molecule has 27 heavy (non-hydrogen) atoms. The first-order valence-electron chi connectivity index (χ1n) is 9.37. The fraction of sp³-hybridized carbons (Fsp3) is 0.476. The highest BCUT2D eigenvalue weighted by Crippen LogP contribution is 2.48. The molecule has 142 valence electrons. The summed E-state index contributed by atoms with van der Waals surface area (Å²) in [5.74, 6) is 1.27. The molecule has 3 rings (SSSR count). The molecule has 0 spiro atoms. The summed E-state index contributed by atoms with van der Waals surface area (Å²) in [4.78, 5) is 20.6. The number of nitrogens with zero attached hydrogens (tertiary/aromatic N) is 2. The minimum absolute atomic E-state index is 0.122. The highest BCUT2D eigenvalue weighted by molar-refractivity contribution is 9.10. The van der Waals surface area contributed by atoms with Gasteiger partial charge in [-0.1, -0.05) is 41.9 Å². The van der Waals surface area contributed by atoms with Gasteiger partial charge < -0.3 is 4.98 Å². The van der Waals surface area contributed by atoms with Crippen molar-refractivity contribution < 1.29 is 4.79 Å². The summed E-state index contributed by atoms with van der Waals surface area (Å²) in [7, 11) is 0. The zero-order valence-corrected chi connectivity index (χ0v) is 17.3. The minimum Gasteiger partial charge on any atom is -0.347 e. The Bertz CT molecular complexity index is 804. The standard InChI is InChI=1S/C21H25BrN4O/c1-14(2)11-17(18(27)12-21(13-23)7-8-21)26-19(20-24-9-10-25-20)15-3-5-16(22)6-4-15/h3-6,9-10,14,17,19,26H,7-8,11-12H2,1-2H3,(H,24,25)/t17-,19-/m0/s1. The third kappa shape index (κ3) is 5.06. The van der Waals surface area contributed by atoms with Crippen LogP contribution in [0.5, 0.6) is 0 Å². The van der Waals surface area contributed by atoms with Gasteiger partial charge in [-0.2, -0.15) is 5.26 Å². The number of carbonyl (C=O) groups is 1. The van der Waals surface area contributed by atoms with Gasteiger partial charge in [0.1, 0.15) is 5.82 Å². The number of aromatic nitrogens is 2. The molecule has 1 heterocycles. The number of imidazole rings is 1. The van der Waals surface area contributed by atoms with Gasteiger partial charge in [0.2, 0.25) is 0 Å². The Morgan fingerprint density at radius 1 is 1.37 bits per heavy atom. The van der Waals surface area contributed by atoms with Crippen LogP contribution >= 0.6 is 15.9 Å². The van der Waals surface area contributed by atoms with Crippen LogP contribution in [0, 0.1) is 22.7 Å². The van der Waals surface area contributed by atoms with E-state index in [9.17, 15) is 10.1 Å². The molecule has 6 heteroatoms. The number of ketones is 1. The third-order valence-electron chi connectivity index (χ3n) is 5.06. The molecule has 1 aliphatic rings. The number of benzene rings is 1. The SMILES string of the molecule is CC(C)C[C@H](N[C@@H](c1ccc(Br)cc1)c1ncc[nH]1)C(=O)CC1(C#N)CC1. The zero-order valence-electron chi connectivity index (χ0n) is 15.7. The number of aromatic amines is 1. The van der Waals surface area contributed by atoms with Crippen molar-refractivity contribution in [1.82, 2.24) is 15.3 Å². The van der Waals surface area contributed by atoms with Crippen molar-refractivity contribution in [1.29, 1.82) is 5.26 Å². The number of carbonyl (C=O) groups excluding carboxylic acids is 1. The van der Waals surface area contributed by atoms with Gasteiger partial charge >= 0.3 is 0 Å². The van der Waals surface area contributed by atoms with E-state index < -0.39 is 5.41 Å². The second-order valence-electron chi connectivity index (χ2n) is 7.84. The fourth-order valence-corrected chi connectivity index (χ4v) is 3.59. The molecule has 2 aromatic rings. The predicted octanol–water partition coefficient (Wildman–Crippen LogP) is 4.53. The fourth-order valence-electron chi connectivity index (χ4n) is 3.32. The molecule has 1 saturated carbocycles. The van der Waals surface area contributed by atoms with Gasteiger partial charge in [0, 0.05) is 23.3 Å². The van der Waals surface area contributed by atoms with Crippen molar-refractivity contribution in [3.05, 3.63) is 52.5 Å². The molecular weight excluding hydrogens is 404 g/mol. The summed E-state index contributed by atoms with van der Waals surface area (Å²) in [5, 5.41) is 12.9. The molecular formula is C21H25BrN4O. The number of nitrogens with one attached hydrogen (secondary N) is 2. The molecule has 5 nitrogen and oxygen atoms in total. The minimum atomic E-state index is -0.425. The Morgan fingerprint density at radius 2 is 2.07 bits per heavy atom. The lowest BCUT2D eigenvalue weighted by Gasteiger charge is -2.26. The van der Waals surface area contributed by atoms with E-state index in [-0.39, 0.29) is 17.9 Å². The van der Waals surface area contributed by atoms with Crippen molar-refractivity contribution in [2.24, 2.45) is 11.3 Å². The van der Waals surface area contributed by atoms with E-state index in [0.717, 1.165) is 35.1 Å². The predicted molar refractivity (Wildman–Crippen MR) is 108 cm³/mol. The summed E-state index contributed by atoms with van der Waals surface area (Å²) >= 11 is 3.47. The van der Waals surface area contributed by atoms with E-state index in [0.29, 0.717) is 12.3 Å². The number of Topliss-reactive ketones (excluding diaryl/α,β-unsaturated/α-hetero) is 1. The quantitative estimate of drug-likeness (QED) is 0.614. The van der Waals surface area contributed by atoms with Crippen LogP contribution in [-0.2, 0) is 4.79 Å². The van der Waals surface area contributed by atoms with Crippen LogP contribution in [0.25, 0.3) is 0 Å². The topological polar surface area (TPSA) is 81.6 Å². The molecule has 1 aromatic carbocycles. The number of H-pyrrole nitrogens is 1. The van der Waals surface area contributed by atoms with Crippen molar-refractivity contribution in [2.75, 3.05) is 0 Å². The first-order valence-corrected chi connectivity index (χ1v) is 10.2. The van der Waals surface area contributed by atoms with E-state index in [2.05, 4.69) is 51.1 Å². The van der Waals surface area contributed by atoms with Crippen molar-refractivity contribution in [3.8, 4) is 6.07 Å². The first-order chi connectivity index (χ1) is 12.9. The van der Waals surface area contributed by atoms with Gasteiger partial charge in [-0.25, -0.2) is 4.98 Å². The van der Waals surface area contributed by atoms with Gasteiger partial charge in [0.25, 0.3) is 0 Å². The van der Waals surface area contributed by atoms with E-state index >= 15 is 0 Å². The number of nitriles is 1. The number of hydrogen-bond acceptors (Lipinski definition) is 4. The smallest absolute Gasteiger partial charge is 0.151 e. The second-order valence-corrected chi connectivity index (χ2v) is 8.76. The molecule has 0 radical (unpaired) electrons. The van der Waals surface area contributed by atoms with Crippen LogP contribution in [0.3, 0.4) is 0 Å². The van der Waals surface area contributed by atoms with Crippen molar-refractivity contribution in [3.63, 3.8) is 0 Å². The Labute approximate surface area is 168 Å². The summed E-state index contributed by atoms with van der Waals surface area (Å²) < 4.78 is 1.00. The Kier molecular flexibility index (Phi) is 6.13. The second kappa shape index (κ2) is 8.37. The Morgan fingerprint density at radius 3 is 2.59 bits per heavy atom. The molecule has 1 aliphatic carbocycles. The third-order valence-corrected chi connectivity index (χ3v) is 5.59. The lowest BCUT2D eigenvalue weighted by molar-refractivity contribution is -0.122. The maximum Gasteiger partial charge on any atom is 0.151 e. The molecule has 2 atom stereocenters. The van der Waals surface area contributed by atoms with Crippen LogP contribution in [-0.4, -0.2) is 21.8 Å². The largest absolute Gasteiger partial charge is 0.347 e. The average Bonchev–Trinajstić information content (AvgIpc) is 3.20. The number of halogens is 1. The van der Waals surface area contributed by atoms with Crippen molar-refractivity contribution >= 4 is 21.7 Å². The number of rotatable bonds is 9. The summed E-state index contributed by atoms with van der Waals surface area (Å²) in [6.07, 6.45) is 6.23. The Hall–Kier alpha value is -1.97. The summed E-state index contributed by atoms with van der Waals surface area (Å²) in [6, 6.07) is 9.84. The molecule has 1 fully saturated rings. The molecule has 0 unspecified atom stereocenters. The molecule has 1 aromatic heterocycles. The number of hydrogen-bond donors (Lipinski definition) is 2. The molecule has 0 aliphatic heterocycles. The lowest BCUT2D eigenvalue weighted by Crippen LogP contribution is -2.41. The maximum atomic E-state index is 13.0. The van der Waals surface area contributed by atoms with Gasteiger partial charge in [0.05, 0.1) is 23.6 Å². The highest BCUT2D eigenvalue weighted by Gasteiger charge is 2.46. The molecule has 0 saturated heterocycles. The van der Waals surface area contributed by atoms with Gasteiger partial charge in [-0.15, -0.1) is 0 Å². The Balaban J connectivity index is 1.84. The van der Waals surface area contributed by atoms with Crippen LogP contribution in [0.1, 0.15) is 57.0 Å². The van der Waals surface area contributed by atoms with E-state index in [1.807, 2.05) is 24.3 Å². The normalized spacial score (nSPS) is 17.3. The zero-order chi connectivity index (χ0) is 19.4. The van der Waals surface area contributed by atoms with E-state index in [1.54, 1.807) is 12.4 Å². The lowest BCUT2D eigenvalue weighted by atomic mass is 9.91. The van der Waals surface area contributed by atoms with Crippen molar-refractivity contribution in [2.45, 2.75) is 51.6 Å². The molecule has 0 bridgehead atoms. The van der Waals surface area contributed by atoms with Gasteiger partial charge in [-0.05, 0) is 42.9 Å². The average molecular weight is 429 g/mol. The van der Waals surface area contributed by atoms with E-state index in [1.165, 1.54) is 0 Å². The van der Waals surface area contributed by atoms with Gasteiger partial charge in [-0.3, -0.25) is 10.1 Å². The van der Waals surface area contributed by atoms with E-state index in [4.69, 9.17) is 0 Å². The van der Waals surface area contributed by atoms with Gasteiger partial charge in [0.15, 0.2) is 5.78 Å². The monoisotopic (exact) mass is 428 g/mol. The van der Waals surface area contributed by atoms with Crippen LogP contribution in [0.2, 0.25) is 0 Å².